The summed E-state index contributed by atoms with van der Waals surface area (Å²) in [7, 11) is 0. The summed E-state index contributed by atoms with van der Waals surface area (Å²) in [5.41, 5.74) is 4.15. The third kappa shape index (κ3) is 6.96. The molecule has 3 nitrogen and oxygen atoms in total. The van der Waals surface area contributed by atoms with Crippen LogP contribution < -0.4 is 0 Å². The molecule has 10 rings (SSSR count). The van der Waals surface area contributed by atoms with E-state index in [1.54, 1.807) is 39.1 Å². The minimum atomic E-state index is -2.79. The smallest absolute Gasteiger partial charge is 0.129 e. The summed E-state index contributed by atoms with van der Waals surface area (Å²) in [4.78, 5) is 9.03. The maximum absolute atomic E-state index is 13.6. The molecule has 0 spiro atoms. The zero-order chi connectivity index (χ0) is 49.1. The minimum absolute atomic E-state index is 0. The third-order valence-corrected chi connectivity index (χ3v) is 12.1. The fourth-order valence-electron chi connectivity index (χ4n) is 8.44. The molecular formula is C55H49FIrN2O-2. The fraction of sp³-hybridized carbons (Fsp3) is 0.236. The van der Waals surface area contributed by atoms with Crippen LogP contribution in [0, 0.1) is 37.1 Å². The first kappa shape index (κ1) is 31.4. The van der Waals surface area contributed by atoms with Crippen molar-refractivity contribution < 1.29 is 41.2 Å². The molecule has 0 amide bonds. The van der Waals surface area contributed by atoms with Crippen molar-refractivity contribution in [1.29, 1.82) is 0 Å². The number of hydrogen-bond acceptors (Lipinski definition) is 3. The van der Waals surface area contributed by atoms with E-state index in [4.69, 9.17) is 16.8 Å². The molecule has 303 valence electrons. The van der Waals surface area contributed by atoms with Gasteiger partial charge in [0.2, 0.25) is 0 Å². The van der Waals surface area contributed by atoms with Crippen LogP contribution in [0.25, 0.3) is 77.1 Å². The summed E-state index contributed by atoms with van der Waals surface area (Å²) in [6.45, 7) is 8.31. The fourth-order valence-corrected chi connectivity index (χ4v) is 8.44. The normalized spacial score (nSPS) is 16.9. The summed E-state index contributed by atoms with van der Waals surface area (Å²) in [6.07, 6.45) is 0.994. The third-order valence-electron chi connectivity index (χ3n) is 12.1. The Kier molecular flexibility index (Phi) is 7.96. The van der Waals surface area contributed by atoms with Crippen molar-refractivity contribution >= 4 is 43.5 Å². The van der Waals surface area contributed by atoms with E-state index in [0.717, 1.165) is 49.1 Å². The topological polar surface area (TPSA) is 38.9 Å². The number of benzene rings is 6. The second kappa shape index (κ2) is 15.2. The van der Waals surface area contributed by atoms with Gasteiger partial charge in [-0.1, -0.05) is 144 Å². The molecule has 0 saturated carbocycles. The molecule has 3 aromatic heterocycles. The summed E-state index contributed by atoms with van der Waals surface area (Å²) in [6, 6.07) is 37.0. The van der Waals surface area contributed by atoms with Crippen molar-refractivity contribution in [2.45, 2.75) is 79.4 Å². The molecule has 60 heavy (non-hydrogen) atoms. The van der Waals surface area contributed by atoms with Gasteiger partial charge in [-0.2, -0.15) is 0 Å². The summed E-state index contributed by atoms with van der Waals surface area (Å²) >= 11 is 0. The maximum Gasteiger partial charge on any atom is 0.129 e. The number of rotatable bonds is 3. The van der Waals surface area contributed by atoms with E-state index in [0.29, 0.717) is 16.7 Å². The molecule has 0 bridgehead atoms. The molecule has 1 aliphatic carbocycles. The first-order valence-electron chi connectivity index (χ1n) is 24.3. The van der Waals surface area contributed by atoms with E-state index in [2.05, 4.69) is 80.1 Å². The van der Waals surface area contributed by atoms with E-state index in [-0.39, 0.29) is 76.3 Å². The van der Waals surface area contributed by atoms with Gasteiger partial charge in [0, 0.05) is 60.1 Å². The molecule has 3 heterocycles. The second-order valence-electron chi connectivity index (χ2n) is 17.4. The summed E-state index contributed by atoms with van der Waals surface area (Å²) in [5.74, 6) is -0.234. The number of furan rings is 1. The van der Waals surface area contributed by atoms with E-state index in [1.807, 2.05) is 36.4 Å². The molecular weight excluding hydrogens is 916 g/mol. The van der Waals surface area contributed by atoms with Crippen LogP contribution in [-0.2, 0) is 37.3 Å². The standard InChI is InChI=1S/C38H32NO.C17H17FN.Ir/c1-23-19-25(21-38(3,4)5)13-17-28(23)33-20-34(39-22-24(33)2)32-12-8-11-30-31-18-16-27-15-14-26-9-6-7-10-29(26)35(27)37(31)40-36(30)32;1-16(2)13-6-5-9-19-15(13)12-8-7-11(18)10-14(12)17(16,3)4;/h6-11,13-20,22H,21H2,1-5H3;5-7,9-10H,1-4H3;/q2*-1;/i1D3,2D3,17D,21D2;;. The summed E-state index contributed by atoms with van der Waals surface area (Å²) in [5, 5.41) is 5.77. The molecule has 9 aromatic rings. The predicted molar refractivity (Wildman–Crippen MR) is 243 cm³/mol. The van der Waals surface area contributed by atoms with Gasteiger partial charge in [0.15, 0.2) is 0 Å². The van der Waals surface area contributed by atoms with E-state index in [1.165, 1.54) is 36.0 Å². The monoisotopic (exact) mass is 974 g/mol. The second-order valence-corrected chi connectivity index (χ2v) is 17.4. The van der Waals surface area contributed by atoms with Gasteiger partial charge in [0.05, 0.1) is 6.95 Å². The van der Waals surface area contributed by atoms with Gasteiger partial charge in [-0.15, -0.1) is 47.5 Å². The van der Waals surface area contributed by atoms with Crippen LogP contribution >= 0.6 is 0 Å². The zero-order valence-electron chi connectivity index (χ0n) is 43.5. The van der Waals surface area contributed by atoms with Crippen LogP contribution in [0.4, 0.5) is 4.39 Å². The maximum atomic E-state index is 13.6. The Balaban J connectivity index is 0.000000268. The Hall–Kier alpha value is -5.48. The Bertz CT molecular complexity index is 3500. The zero-order valence-corrected chi connectivity index (χ0v) is 36.9. The molecule has 0 N–H and O–H groups in total. The number of fused-ring (bicyclic) bond motifs is 10. The quantitative estimate of drug-likeness (QED) is 0.131. The first-order valence-corrected chi connectivity index (χ1v) is 19.8. The van der Waals surface area contributed by atoms with E-state index >= 15 is 0 Å². The average molecular weight is 974 g/mol. The molecule has 5 heteroatoms. The number of pyridine rings is 2. The van der Waals surface area contributed by atoms with Crippen LogP contribution in [0.3, 0.4) is 0 Å². The Morgan fingerprint density at radius 3 is 2.30 bits per heavy atom. The molecule has 1 aliphatic rings. The Morgan fingerprint density at radius 2 is 1.50 bits per heavy atom. The first-order chi connectivity index (χ1) is 31.7. The van der Waals surface area contributed by atoms with Gasteiger partial charge >= 0.3 is 0 Å². The number of nitrogens with zero attached hydrogens (tertiary/aromatic N) is 2. The van der Waals surface area contributed by atoms with Gasteiger partial charge < -0.3 is 14.4 Å². The molecule has 6 aromatic carbocycles. The van der Waals surface area contributed by atoms with Crippen molar-refractivity contribution in [3.05, 3.63) is 167 Å². The van der Waals surface area contributed by atoms with Crippen molar-refractivity contribution in [3.8, 4) is 33.6 Å². The number of aryl methyl sites for hydroxylation is 2. The van der Waals surface area contributed by atoms with Gasteiger partial charge in [0.25, 0.3) is 0 Å². The van der Waals surface area contributed by atoms with Gasteiger partial charge in [-0.05, 0) is 97.8 Å². The molecule has 0 fully saturated rings. The van der Waals surface area contributed by atoms with Crippen LogP contribution in [-0.4, -0.2) is 9.97 Å². The molecule has 1 radical (unpaired) electrons. The molecule has 0 saturated heterocycles. The number of hydrogen-bond donors (Lipinski definition) is 0. The Morgan fingerprint density at radius 1 is 0.750 bits per heavy atom. The summed E-state index contributed by atoms with van der Waals surface area (Å²) < 4.78 is 97.0. The van der Waals surface area contributed by atoms with Crippen LogP contribution in [0.15, 0.2) is 126 Å². The van der Waals surface area contributed by atoms with E-state index in [9.17, 15) is 4.39 Å². The van der Waals surface area contributed by atoms with Gasteiger partial charge in [-0.3, -0.25) is 4.39 Å². The van der Waals surface area contributed by atoms with E-state index < -0.39 is 25.5 Å². The minimum Gasteiger partial charge on any atom is -0.500 e. The SMILES string of the molecule is CC1(C)c2cc(F)c[c-]c2-c2ncccc2C1(C)C.[2H]c1cc(C([2H])([2H])C(C)(C)C)cc(C([2H])([2H])[2H])c1-c1cc(-c2[c-]ccc3c2oc2c3ccc3ccc4ccccc4c32)ncc1C([2H])([2H])[2H].[Ir]. The van der Waals surface area contributed by atoms with Crippen molar-refractivity contribution in [2.24, 2.45) is 5.41 Å². The Labute approximate surface area is 379 Å². The molecule has 0 unspecified atom stereocenters. The van der Waals surface area contributed by atoms with Crippen LogP contribution in [0.1, 0.15) is 88.6 Å². The largest absolute Gasteiger partial charge is 0.500 e. The van der Waals surface area contributed by atoms with Crippen LogP contribution in [0.2, 0.25) is 0 Å². The van der Waals surface area contributed by atoms with Crippen molar-refractivity contribution in [2.75, 3.05) is 0 Å². The average Bonchev–Trinajstić information content (AvgIpc) is 3.66. The molecule has 0 aliphatic heterocycles. The number of aromatic nitrogens is 2. The van der Waals surface area contributed by atoms with Crippen LogP contribution in [0.5, 0.6) is 0 Å². The molecule has 0 atom stereocenters. The van der Waals surface area contributed by atoms with Crippen molar-refractivity contribution in [1.82, 2.24) is 9.97 Å². The predicted octanol–water partition coefficient (Wildman–Crippen LogP) is 14.9. The van der Waals surface area contributed by atoms with Crippen molar-refractivity contribution in [3.63, 3.8) is 0 Å². The number of halogens is 1. The van der Waals surface area contributed by atoms with Gasteiger partial charge in [0.1, 0.15) is 5.58 Å². The van der Waals surface area contributed by atoms with Gasteiger partial charge in [-0.25, -0.2) is 0 Å².